The third-order valence-corrected chi connectivity index (χ3v) is 5.41. The molecule has 0 aliphatic carbocycles. The quantitative estimate of drug-likeness (QED) is 0.412. The van der Waals surface area contributed by atoms with Crippen LogP contribution < -0.4 is 11.3 Å². The lowest BCUT2D eigenvalue weighted by Crippen LogP contribution is -2.17. The number of phenolic OH excluding ortho intramolecular Hbond substituents is 1. The molecule has 0 bridgehead atoms. The highest BCUT2D eigenvalue weighted by Crippen LogP contribution is 2.33. The molecule has 0 fully saturated rings. The van der Waals surface area contributed by atoms with E-state index in [1.165, 1.54) is 16.8 Å². The van der Waals surface area contributed by atoms with Crippen LogP contribution in [-0.4, -0.2) is 26.2 Å². The Bertz CT molecular complexity index is 1410. The zero-order valence-corrected chi connectivity index (χ0v) is 17.3. The number of benzene rings is 2. The predicted molar refractivity (Wildman–Crippen MR) is 119 cm³/mol. The minimum atomic E-state index is -0.342. The molecule has 0 amide bonds. The monoisotopic (exact) mass is 438 g/mol. The first-order valence-corrected chi connectivity index (χ1v) is 9.74. The molecule has 4 N–H and O–H groups in total. The second-order valence-corrected chi connectivity index (χ2v) is 7.43. The summed E-state index contributed by atoms with van der Waals surface area (Å²) in [4.78, 5) is 17.6. The van der Waals surface area contributed by atoms with Crippen LogP contribution in [0.4, 0.5) is 0 Å². The largest absolute Gasteiger partial charge is 0.507 e. The van der Waals surface area contributed by atoms with Gasteiger partial charge in [0.05, 0.1) is 22.2 Å². The molecule has 0 saturated heterocycles. The maximum Gasteiger partial charge on any atom is 0.280 e. The second-order valence-electron chi connectivity index (χ2n) is 6.61. The van der Waals surface area contributed by atoms with Crippen LogP contribution in [0.3, 0.4) is 0 Å². The first-order valence-electron chi connectivity index (χ1n) is 8.98. The summed E-state index contributed by atoms with van der Waals surface area (Å²) < 4.78 is 1.35. The summed E-state index contributed by atoms with van der Waals surface area (Å²) in [6, 6.07) is 10.1. The van der Waals surface area contributed by atoms with Crippen molar-refractivity contribution in [2.45, 2.75) is 6.92 Å². The summed E-state index contributed by atoms with van der Waals surface area (Å²) >= 11 is 12.2. The van der Waals surface area contributed by atoms with Crippen LogP contribution in [0.25, 0.3) is 27.9 Å². The molecule has 0 aliphatic heterocycles. The van der Waals surface area contributed by atoms with Gasteiger partial charge in [-0.15, -0.1) is 0 Å². The molecule has 150 valence electrons. The van der Waals surface area contributed by atoms with Gasteiger partial charge in [-0.1, -0.05) is 41.1 Å². The normalized spacial score (nSPS) is 10.8. The van der Waals surface area contributed by atoms with Gasteiger partial charge in [-0.3, -0.25) is 9.89 Å². The Hall–Kier alpha value is -3.24. The molecule has 2 aromatic heterocycles. The number of H-pyrrole nitrogens is 1. The van der Waals surface area contributed by atoms with Gasteiger partial charge in [-0.2, -0.15) is 0 Å². The number of phenols is 1. The zero-order chi connectivity index (χ0) is 21.4. The third-order valence-electron chi connectivity index (χ3n) is 4.67. The van der Waals surface area contributed by atoms with Crippen molar-refractivity contribution in [1.82, 2.24) is 14.6 Å². The van der Waals surface area contributed by atoms with Gasteiger partial charge < -0.3 is 10.8 Å². The minimum Gasteiger partial charge on any atom is -0.507 e. The van der Waals surface area contributed by atoms with Crippen LogP contribution in [0.15, 0.2) is 47.4 Å². The Labute approximate surface area is 181 Å². The maximum absolute atomic E-state index is 13.1. The van der Waals surface area contributed by atoms with Crippen LogP contribution in [-0.2, 0) is 0 Å². The molecule has 2 heterocycles. The summed E-state index contributed by atoms with van der Waals surface area (Å²) in [5.74, 6) is 5.51. The minimum absolute atomic E-state index is 0.0642. The molecular weight excluding hydrogens is 423 g/mol. The van der Waals surface area contributed by atoms with Crippen molar-refractivity contribution in [2.75, 3.05) is 6.54 Å². The Kier molecular flexibility index (Phi) is 5.27. The summed E-state index contributed by atoms with van der Waals surface area (Å²) in [7, 11) is 0. The van der Waals surface area contributed by atoms with Gasteiger partial charge in [0.1, 0.15) is 5.75 Å². The van der Waals surface area contributed by atoms with Crippen molar-refractivity contribution in [3.05, 3.63) is 74.3 Å². The van der Waals surface area contributed by atoms with Gasteiger partial charge in [0, 0.05) is 28.6 Å². The van der Waals surface area contributed by atoms with Gasteiger partial charge in [0.2, 0.25) is 0 Å². The highest BCUT2D eigenvalue weighted by molar-refractivity contribution is 6.42. The number of aryl methyl sites for hydroxylation is 1. The van der Waals surface area contributed by atoms with E-state index in [1.807, 2.05) is 13.0 Å². The van der Waals surface area contributed by atoms with Crippen molar-refractivity contribution in [3.8, 4) is 39.8 Å². The number of halogens is 2. The second kappa shape index (κ2) is 7.88. The molecule has 2 aromatic carbocycles. The average Bonchev–Trinajstić information content (AvgIpc) is 3.06. The van der Waals surface area contributed by atoms with Crippen LogP contribution in [0.2, 0.25) is 10.0 Å². The summed E-state index contributed by atoms with van der Waals surface area (Å²) in [5.41, 5.74) is 8.97. The van der Waals surface area contributed by atoms with Gasteiger partial charge in [-0.05, 0) is 42.8 Å². The van der Waals surface area contributed by atoms with E-state index in [1.54, 1.807) is 24.3 Å². The number of aromatic nitrogens is 3. The van der Waals surface area contributed by atoms with Crippen LogP contribution in [0, 0.1) is 18.8 Å². The number of hydrogen-bond donors (Lipinski definition) is 3. The number of aromatic amines is 1. The van der Waals surface area contributed by atoms with Gasteiger partial charge in [0.25, 0.3) is 5.56 Å². The molecule has 8 heteroatoms. The van der Waals surface area contributed by atoms with E-state index in [2.05, 4.69) is 21.9 Å². The summed E-state index contributed by atoms with van der Waals surface area (Å²) in [6.07, 6.45) is 1.45. The van der Waals surface area contributed by atoms with Crippen molar-refractivity contribution >= 4 is 28.8 Å². The van der Waals surface area contributed by atoms with E-state index in [9.17, 15) is 9.90 Å². The highest BCUT2D eigenvalue weighted by atomic mass is 35.5. The fourth-order valence-corrected chi connectivity index (χ4v) is 3.60. The number of hydrogen-bond acceptors (Lipinski definition) is 4. The number of nitrogens with two attached hydrogens (primary N) is 1. The molecule has 4 aromatic rings. The van der Waals surface area contributed by atoms with Crippen molar-refractivity contribution in [2.24, 2.45) is 5.73 Å². The topological polar surface area (TPSA) is 96.4 Å². The smallest absolute Gasteiger partial charge is 0.280 e. The number of nitrogens with one attached hydrogen (secondary N) is 1. The van der Waals surface area contributed by atoms with Gasteiger partial charge in [0.15, 0.2) is 5.65 Å². The van der Waals surface area contributed by atoms with Gasteiger partial charge in [-0.25, -0.2) is 9.50 Å². The highest BCUT2D eigenvalue weighted by Gasteiger charge is 2.18. The summed E-state index contributed by atoms with van der Waals surface area (Å²) in [6.45, 7) is 2.06. The molecule has 30 heavy (non-hydrogen) atoms. The first kappa shape index (κ1) is 20.0. The molecule has 0 unspecified atom stereocenters. The molecule has 0 radical (unpaired) electrons. The van der Waals surface area contributed by atoms with Crippen LogP contribution >= 0.6 is 23.2 Å². The number of rotatable bonds is 2. The van der Waals surface area contributed by atoms with Crippen molar-refractivity contribution in [3.63, 3.8) is 0 Å². The average molecular weight is 439 g/mol. The number of aromatic hydroxyl groups is 1. The van der Waals surface area contributed by atoms with E-state index in [-0.39, 0.29) is 23.4 Å². The maximum atomic E-state index is 13.1. The van der Waals surface area contributed by atoms with Crippen LogP contribution in [0.1, 0.15) is 11.3 Å². The van der Waals surface area contributed by atoms with Crippen LogP contribution in [0.5, 0.6) is 5.75 Å². The Morgan fingerprint density at radius 2 is 1.97 bits per heavy atom. The lowest BCUT2D eigenvalue weighted by atomic mass is 10.0. The molecule has 0 atom stereocenters. The van der Waals surface area contributed by atoms with E-state index < -0.39 is 0 Å². The lowest BCUT2D eigenvalue weighted by Gasteiger charge is -2.06. The number of fused-ring (bicyclic) bond motifs is 1. The fraction of sp³-hybridized carbons (Fsp3) is 0.0909. The molecular formula is C22H16Cl2N4O2. The molecule has 6 nitrogen and oxygen atoms in total. The Balaban J connectivity index is 1.87. The standard InChI is InChI=1S/C22H16Cl2N4O2/c1-12-20(14-5-7-17(23)18(24)10-14)21-26-11-16(22(30)28(21)27-12)15-6-4-13(3-2-8-25)9-19(15)29/h4-7,9-11,27,29H,8,25H2,1H3. The molecule has 0 saturated carbocycles. The van der Waals surface area contributed by atoms with E-state index in [0.717, 1.165) is 16.8 Å². The Morgan fingerprint density at radius 3 is 2.67 bits per heavy atom. The molecule has 0 spiro atoms. The van der Waals surface area contributed by atoms with Crippen molar-refractivity contribution < 1.29 is 5.11 Å². The molecule has 0 aliphatic rings. The SMILES string of the molecule is Cc1[nH]n2c(=O)c(-c3ccc(C#CCN)cc3O)cnc2c1-c1ccc(Cl)c(Cl)c1. The van der Waals surface area contributed by atoms with E-state index >= 15 is 0 Å². The Morgan fingerprint density at radius 1 is 1.17 bits per heavy atom. The molecule has 4 rings (SSSR count). The predicted octanol–water partition coefficient (Wildman–Crippen LogP) is 3.99. The third kappa shape index (κ3) is 3.44. The van der Waals surface area contributed by atoms with E-state index in [0.29, 0.717) is 26.8 Å². The summed E-state index contributed by atoms with van der Waals surface area (Å²) in [5, 5.41) is 14.3. The van der Waals surface area contributed by atoms with E-state index in [4.69, 9.17) is 28.9 Å². The zero-order valence-electron chi connectivity index (χ0n) is 15.8. The first-order chi connectivity index (χ1) is 14.4. The fourth-order valence-electron chi connectivity index (χ4n) is 3.30. The van der Waals surface area contributed by atoms with Crippen molar-refractivity contribution in [1.29, 1.82) is 0 Å². The van der Waals surface area contributed by atoms with Gasteiger partial charge >= 0.3 is 0 Å². The number of nitrogens with zero attached hydrogens (tertiary/aromatic N) is 2. The lowest BCUT2D eigenvalue weighted by molar-refractivity contribution is 0.477.